The smallest absolute Gasteiger partial charge is 0.122 e. The van der Waals surface area contributed by atoms with Gasteiger partial charge in [-0.15, -0.1) is 0 Å². The molecule has 0 saturated heterocycles. The van der Waals surface area contributed by atoms with Crippen LogP contribution < -0.4 is 10.5 Å². The third-order valence-electron chi connectivity index (χ3n) is 4.31. The highest BCUT2D eigenvalue weighted by molar-refractivity contribution is 5.42. The molecular weight excluding hydrogens is 248 g/mol. The summed E-state index contributed by atoms with van der Waals surface area (Å²) in [5.41, 5.74) is 8.56. The van der Waals surface area contributed by atoms with E-state index in [-0.39, 0.29) is 0 Å². The van der Waals surface area contributed by atoms with Crippen molar-refractivity contribution in [3.8, 4) is 5.75 Å². The van der Waals surface area contributed by atoms with Crippen molar-refractivity contribution in [2.75, 3.05) is 26.7 Å². The molecular formula is C17H28N2O. The fraction of sp³-hybridized carbons (Fsp3) is 0.647. The Labute approximate surface area is 123 Å². The van der Waals surface area contributed by atoms with Crippen LogP contribution in [-0.2, 0) is 12.8 Å². The van der Waals surface area contributed by atoms with Crippen molar-refractivity contribution < 1.29 is 4.74 Å². The lowest BCUT2D eigenvalue weighted by molar-refractivity contribution is 0.178. The summed E-state index contributed by atoms with van der Waals surface area (Å²) in [4.78, 5) is 2.63. The van der Waals surface area contributed by atoms with Crippen LogP contribution in [0.1, 0.15) is 37.3 Å². The molecule has 1 aromatic carbocycles. The van der Waals surface area contributed by atoms with Gasteiger partial charge in [-0.1, -0.05) is 19.1 Å². The van der Waals surface area contributed by atoms with Gasteiger partial charge in [-0.3, -0.25) is 0 Å². The van der Waals surface area contributed by atoms with Crippen molar-refractivity contribution in [1.82, 2.24) is 4.90 Å². The average Bonchev–Trinajstić information content (AvgIpc) is 2.50. The second kappa shape index (κ2) is 7.65. The van der Waals surface area contributed by atoms with E-state index < -0.39 is 0 Å². The highest BCUT2D eigenvalue weighted by atomic mass is 16.5. The van der Waals surface area contributed by atoms with Crippen molar-refractivity contribution in [3.05, 3.63) is 29.3 Å². The first-order valence-corrected chi connectivity index (χ1v) is 7.89. The minimum absolute atomic E-state index is 0.668. The number of benzene rings is 1. The lowest BCUT2D eigenvalue weighted by Crippen LogP contribution is -2.41. The van der Waals surface area contributed by atoms with Gasteiger partial charge in [-0.2, -0.15) is 0 Å². The highest BCUT2D eigenvalue weighted by Gasteiger charge is 2.25. The Balaban J connectivity index is 2.08. The van der Waals surface area contributed by atoms with Crippen molar-refractivity contribution >= 4 is 0 Å². The van der Waals surface area contributed by atoms with Gasteiger partial charge in [0.05, 0.1) is 7.11 Å². The molecule has 0 aliphatic heterocycles. The van der Waals surface area contributed by atoms with Crippen LogP contribution in [0, 0.1) is 0 Å². The first kappa shape index (κ1) is 15.3. The van der Waals surface area contributed by atoms with E-state index in [0.29, 0.717) is 6.04 Å². The minimum atomic E-state index is 0.668. The van der Waals surface area contributed by atoms with Gasteiger partial charge in [0.15, 0.2) is 0 Å². The molecule has 0 amide bonds. The van der Waals surface area contributed by atoms with E-state index in [0.717, 1.165) is 38.1 Å². The molecule has 0 unspecified atom stereocenters. The second-order valence-corrected chi connectivity index (χ2v) is 5.67. The van der Waals surface area contributed by atoms with Crippen LogP contribution in [0.3, 0.4) is 0 Å². The lowest BCUT2D eigenvalue weighted by atomic mass is 9.86. The number of fused-ring (bicyclic) bond motifs is 1. The lowest BCUT2D eigenvalue weighted by Gasteiger charge is -2.35. The summed E-state index contributed by atoms with van der Waals surface area (Å²) in [5.74, 6) is 1.06. The summed E-state index contributed by atoms with van der Waals surface area (Å²) in [7, 11) is 1.77. The Hall–Kier alpha value is -1.06. The van der Waals surface area contributed by atoms with Crippen molar-refractivity contribution in [2.24, 2.45) is 5.73 Å². The third-order valence-corrected chi connectivity index (χ3v) is 4.31. The van der Waals surface area contributed by atoms with Crippen LogP contribution >= 0.6 is 0 Å². The van der Waals surface area contributed by atoms with Crippen LogP contribution in [0.5, 0.6) is 5.75 Å². The molecule has 1 aliphatic carbocycles. The zero-order chi connectivity index (χ0) is 14.4. The molecule has 0 heterocycles. The zero-order valence-corrected chi connectivity index (χ0v) is 12.9. The quantitative estimate of drug-likeness (QED) is 0.832. The van der Waals surface area contributed by atoms with Crippen molar-refractivity contribution in [3.63, 3.8) is 0 Å². The Bertz CT molecular complexity index is 419. The second-order valence-electron chi connectivity index (χ2n) is 5.67. The summed E-state index contributed by atoms with van der Waals surface area (Å²) in [6.45, 7) is 5.37. The van der Waals surface area contributed by atoms with Gasteiger partial charge >= 0.3 is 0 Å². The molecule has 112 valence electrons. The van der Waals surface area contributed by atoms with E-state index in [2.05, 4.69) is 30.0 Å². The highest BCUT2D eigenvalue weighted by Crippen LogP contribution is 2.31. The van der Waals surface area contributed by atoms with Crippen LogP contribution in [0.15, 0.2) is 18.2 Å². The van der Waals surface area contributed by atoms with Gasteiger partial charge in [0.2, 0.25) is 0 Å². The molecule has 0 radical (unpaired) electrons. The Kier molecular flexibility index (Phi) is 5.86. The maximum absolute atomic E-state index is 5.67. The van der Waals surface area contributed by atoms with E-state index >= 15 is 0 Å². The molecule has 2 N–H and O–H groups in total. The van der Waals surface area contributed by atoms with Crippen molar-refractivity contribution in [2.45, 2.75) is 45.1 Å². The first-order chi connectivity index (χ1) is 9.80. The summed E-state index contributed by atoms with van der Waals surface area (Å²) in [5, 5.41) is 0. The fourth-order valence-corrected chi connectivity index (χ4v) is 3.31. The molecule has 1 aromatic rings. The average molecular weight is 276 g/mol. The summed E-state index contributed by atoms with van der Waals surface area (Å²) in [6, 6.07) is 7.12. The standard InChI is InChI=1S/C17H28N2O/c1-3-11-19(12-5-10-18)15-8-9-16-14(13-15)6-4-7-17(16)20-2/h4,6-7,15H,3,5,8-13,18H2,1-2H3/t15-/m1/s1. The Morgan fingerprint density at radius 3 is 2.90 bits per heavy atom. The molecule has 2 rings (SSSR count). The number of nitrogens with zero attached hydrogens (tertiary/aromatic N) is 1. The largest absolute Gasteiger partial charge is 0.496 e. The molecule has 0 spiro atoms. The number of ether oxygens (including phenoxy) is 1. The number of methoxy groups -OCH3 is 1. The predicted octanol–water partition coefficient (Wildman–Crippen LogP) is 2.61. The third kappa shape index (κ3) is 3.53. The molecule has 1 atom stereocenters. The molecule has 3 heteroatoms. The van der Waals surface area contributed by atoms with Crippen LogP contribution in [-0.4, -0.2) is 37.7 Å². The Morgan fingerprint density at radius 2 is 2.20 bits per heavy atom. The van der Waals surface area contributed by atoms with E-state index in [1.54, 1.807) is 7.11 Å². The fourth-order valence-electron chi connectivity index (χ4n) is 3.31. The van der Waals surface area contributed by atoms with Crippen LogP contribution in [0.4, 0.5) is 0 Å². The molecule has 0 fully saturated rings. The molecule has 3 nitrogen and oxygen atoms in total. The van der Waals surface area contributed by atoms with E-state index in [1.165, 1.54) is 30.5 Å². The van der Waals surface area contributed by atoms with Gasteiger partial charge in [0, 0.05) is 6.04 Å². The maximum Gasteiger partial charge on any atom is 0.122 e. The first-order valence-electron chi connectivity index (χ1n) is 7.89. The van der Waals surface area contributed by atoms with Gasteiger partial charge in [0.25, 0.3) is 0 Å². The van der Waals surface area contributed by atoms with E-state index in [4.69, 9.17) is 10.5 Å². The monoisotopic (exact) mass is 276 g/mol. The topological polar surface area (TPSA) is 38.5 Å². The summed E-state index contributed by atoms with van der Waals surface area (Å²) >= 11 is 0. The Morgan fingerprint density at radius 1 is 1.35 bits per heavy atom. The number of hydrogen-bond acceptors (Lipinski definition) is 3. The summed E-state index contributed by atoms with van der Waals surface area (Å²) < 4.78 is 5.49. The van der Waals surface area contributed by atoms with Gasteiger partial charge in [-0.05, 0) is 68.9 Å². The predicted molar refractivity (Wildman–Crippen MR) is 84.3 cm³/mol. The minimum Gasteiger partial charge on any atom is -0.496 e. The molecule has 1 aliphatic rings. The van der Waals surface area contributed by atoms with Crippen molar-refractivity contribution in [1.29, 1.82) is 0 Å². The number of hydrogen-bond donors (Lipinski definition) is 1. The van der Waals surface area contributed by atoms with Crippen LogP contribution in [0.25, 0.3) is 0 Å². The summed E-state index contributed by atoms with van der Waals surface area (Å²) in [6.07, 6.45) is 5.83. The maximum atomic E-state index is 5.67. The molecule has 0 aromatic heterocycles. The number of rotatable bonds is 7. The van der Waals surface area contributed by atoms with Gasteiger partial charge in [-0.25, -0.2) is 0 Å². The zero-order valence-electron chi connectivity index (χ0n) is 12.9. The number of nitrogens with two attached hydrogens (primary N) is 1. The molecule has 0 bridgehead atoms. The molecule has 20 heavy (non-hydrogen) atoms. The molecule has 0 saturated carbocycles. The van der Waals surface area contributed by atoms with E-state index in [1.807, 2.05) is 0 Å². The van der Waals surface area contributed by atoms with Crippen LogP contribution in [0.2, 0.25) is 0 Å². The van der Waals surface area contributed by atoms with Gasteiger partial charge < -0.3 is 15.4 Å². The van der Waals surface area contributed by atoms with Gasteiger partial charge in [0.1, 0.15) is 5.75 Å². The normalized spacial score (nSPS) is 18.1. The SMILES string of the molecule is CCCN(CCCN)[C@@H]1CCc2c(cccc2OC)C1. The van der Waals surface area contributed by atoms with E-state index in [9.17, 15) is 0 Å².